The van der Waals surface area contributed by atoms with Crippen LogP contribution in [0.4, 0.5) is 0 Å². The van der Waals surface area contributed by atoms with E-state index in [2.05, 4.69) is 9.97 Å². The van der Waals surface area contributed by atoms with Crippen molar-refractivity contribution in [2.75, 3.05) is 20.2 Å². The maximum atomic E-state index is 12.1. The Labute approximate surface area is 118 Å². The number of ether oxygens (including phenoxy) is 2. The average Bonchev–Trinajstić information content (AvgIpc) is 3.20. The summed E-state index contributed by atoms with van der Waals surface area (Å²) in [5, 5.41) is -0.174. The highest BCUT2D eigenvalue weighted by Crippen LogP contribution is 2.33. The summed E-state index contributed by atoms with van der Waals surface area (Å²) in [4.78, 5) is 8.07. The lowest BCUT2D eigenvalue weighted by molar-refractivity contribution is 0.194. The van der Waals surface area contributed by atoms with Crippen LogP contribution in [0.1, 0.15) is 19.3 Å². The molecule has 1 saturated heterocycles. The van der Waals surface area contributed by atoms with Crippen molar-refractivity contribution in [3.8, 4) is 11.8 Å². The zero-order valence-electron chi connectivity index (χ0n) is 11.2. The van der Waals surface area contributed by atoms with Crippen LogP contribution in [0.5, 0.6) is 11.8 Å². The predicted molar refractivity (Wildman–Crippen MR) is 71.1 cm³/mol. The molecule has 110 valence electrons. The second kappa shape index (κ2) is 5.17. The van der Waals surface area contributed by atoms with Gasteiger partial charge in [0.25, 0.3) is 11.8 Å². The van der Waals surface area contributed by atoms with Crippen molar-refractivity contribution in [3.63, 3.8) is 0 Å². The Kier molecular flexibility index (Phi) is 3.51. The van der Waals surface area contributed by atoms with Gasteiger partial charge >= 0.3 is 0 Å². The van der Waals surface area contributed by atoms with E-state index in [4.69, 9.17) is 9.47 Å². The minimum Gasteiger partial charge on any atom is -0.477 e. The zero-order valence-corrected chi connectivity index (χ0v) is 12.0. The van der Waals surface area contributed by atoms with Crippen molar-refractivity contribution in [2.45, 2.75) is 30.6 Å². The van der Waals surface area contributed by atoms with Crippen LogP contribution in [-0.4, -0.2) is 54.2 Å². The van der Waals surface area contributed by atoms with Gasteiger partial charge < -0.3 is 9.47 Å². The molecule has 1 aliphatic heterocycles. The predicted octanol–water partition coefficient (Wildman–Crippen LogP) is 0.431. The molecule has 1 atom stereocenters. The van der Waals surface area contributed by atoms with Gasteiger partial charge in [0.2, 0.25) is 10.0 Å². The summed E-state index contributed by atoms with van der Waals surface area (Å²) in [6, 6.07) is 0. The number of sulfonamides is 1. The van der Waals surface area contributed by atoms with E-state index < -0.39 is 10.0 Å². The van der Waals surface area contributed by atoms with Gasteiger partial charge in [-0.2, -0.15) is 4.31 Å². The number of methoxy groups -OCH3 is 1. The minimum atomic E-state index is -3.12. The third kappa shape index (κ3) is 2.57. The molecule has 1 unspecified atom stereocenters. The number of nitrogens with zero attached hydrogens (tertiary/aromatic N) is 3. The van der Waals surface area contributed by atoms with Crippen LogP contribution in [-0.2, 0) is 10.0 Å². The van der Waals surface area contributed by atoms with Crippen molar-refractivity contribution in [2.24, 2.45) is 0 Å². The Morgan fingerprint density at radius 3 is 2.55 bits per heavy atom. The van der Waals surface area contributed by atoms with Crippen LogP contribution in [0.2, 0.25) is 0 Å². The van der Waals surface area contributed by atoms with E-state index in [-0.39, 0.29) is 11.4 Å². The first-order valence-electron chi connectivity index (χ1n) is 6.62. The summed E-state index contributed by atoms with van der Waals surface area (Å²) in [5.74, 6) is 0.627. The molecule has 2 heterocycles. The van der Waals surface area contributed by atoms with Crippen molar-refractivity contribution in [1.82, 2.24) is 14.3 Å². The summed E-state index contributed by atoms with van der Waals surface area (Å²) < 4.78 is 36.6. The molecular formula is C12H17N3O4S. The molecule has 0 bridgehead atoms. The normalized spacial score (nSPS) is 23.8. The third-order valence-corrected chi connectivity index (χ3v) is 5.88. The summed E-state index contributed by atoms with van der Waals surface area (Å²) in [6.07, 6.45) is 5.06. The van der Waals surface area contributed by atoms with Crippen LogP contribution in [0.25, 0.3) is 0 Å². The van der Waals surface area contributed by atoms with E-state index in [0.29, 0.717) is 31.3 Å². The van der Waals surface area contributed by atoms with Gasteiger partial charge in [0.05, 0.1) is 18.9 Å². The number of hydrogen-bond donors (Lipinski definition) is 0. The Hall–Kier alpha value is -1.41. The smallest absolute Gasteiger partial charge is 0.278 e. The highest BCUT2D eigenvalue weighted by Gasteiger charge is 2.43. The van der Waals surface area contributed by atoms with Crippen LogP contribution in [0.3, 0.4) is 0 Å². The largest absolute Gasteiger partial charge is 0.477 e. The number of aromatic nitrogens is 2. The van der Waals surface area contributed by atoms with Gasteiger partial charge in [0.15, 0.2) is 0 Å². The standard InChI is InChI=1S/C12H17N3O4S/c1-18-11-12(14-6-5-13-11)19-9-4-7-15(8-9)20(16,17)10-2-3-10/h5-6,9-10H,2-4,7-8H2,1H3. The van der Waals surface area contributed by atoms with Crippen LogP contribution < -0.4 is 9.47 Å². The summed E-state index contributed by atoms with van der Waals surface area (Å²) in [5.41, 5.74) is 0. The molecule has 2 fully saturated rings. The summed E-state index contributed by atoms with van der Waals surface area (Å²) in [6.45, 7) is 0.880. The molecule has 8 heteroatoms. The maximum absolute atomic E-state index is 12.1. The number of rotatable bonds is 5. The minimum absolute atomic E-state index is 0.174. The molecule has 0 spiro atoms. The first-order valence-corrected chi connectivity index (χ1v) is 8.12. The van der Waals surface area contributed by atoms with Gasteiger partial charge in [-0.25, -0.2) is 18.4 Å². The molecule has 1 aliphatic carbocycles. The topological polar surface area (TPSA) is 81.6 Å². The molecule has 7 nitrogen and oxygen atoms in total. The molecule has 0 amide bonds. The lowest BCUT2D eigenvalue weighted by Gasteiger charge is -2.17. The van der Waals surface area contributed by atoms with E-state index in [1.807, 2.05) is 0 Å². The number of hydrogen-bond acceptors (Lipinski definition) is 6. The molecule has 1 saturated carbocycles. The van der Waals surface area contributed by atoms with E-state index in [1.165, 1.54) is 23.8 Å². The Balaban J connectivity index is 1.66. The lowest BCUT2D eigenvalue weighted by atomic mass is 10.3. The molecule has 0 radical (unpaired) electrons. The van der Waals surface area contributed by atoms with Gasteiger partial charge in [0, 0.05) is 18.9 Å². The van der Waals surface area contributed by atoms with Crippen LogP contribution in [0.15, 0.2) is 12.4 Å². The second-order valence-electron chi connectivity index (χ2n) is 5.00. The van der Waals surface area contributed by atoms with Gasteiger partial charge in [0.1, 0.15) is 6.10 Å². The highest BCUT2D eigenvalue weighted by molar-refractivity contribution is 7.90. The second-order valence-corrected chi connectivity index (χ2v) is 7.21. The van der Waals surface area contributed by atoms with Crippen LogP contribution >= 0.6 is 0 Å². The quantitative estimate of drug-likeness (QED) is 0.784. The molecule has 0 aromatic carbocycles. The van der Waals surface area contributed by atoms with Gasteiger partial charge in [-0.05, 0) is 19.3 Å². The van der Waals surface area contributed by atoms with Crippen LogP contribution in [0, 0.1) is 0 Å². The first kappa shape index (κ1) is 13.6. The van der Waals surface area contributed by atoms with Crippen molar-refractivity contribution in [1.29, 1.82) is 0 Å². The van der Waals surface area contributed by atoms with Crippen molar-refractivity contribution in [3.05, 3.63) is 12.4 Å². The Morgan fingerprint density at radius 2 is 1.90 bits per heavy atom. The highest BCUT2D eigenvalue weighted by atomic mass is 32.2. The van der Waals surface area contributed by atoms with E-state index in [1.54, 1.807) is 0 Å². The van der Waals surface area contributed by atoms with Crippen molar-refractivity contribution < 1.29 is 17.9 Å². The van der Waals surface area contributed by atoms with Gasteiger partial charge in [-0.3, -0.25) is 0 Å². The van der Waals surface area contributed by atoms with E-state index in [9.17, 15) is 8.42 Å². The fourth-order valence-electron chi connectivity index (χ4n) is 2.29. The fourth-order valence-corrected chi connectivity index (χ4v) is 4.18. The van der Waals surface area contributed by atoms with Gasteiger partial charge in [-0.15, -0.1) is 0 Å². The molecule has 1 aromatic heterocycles. The molecule has 3 rings (SSSR count). The fraction of sp³-hybridized carbons (Fsp3) is 0.667. The molecule has 2 aliphatic rings. The Bertz CT molecular complexity index is 588. The zero-order chi connectivity index (χ0) is 14.2. The summed E-state index contributed by atoms with van der Waals surface area (Å²) >= 11 is 0. The SMILES string of the molecule is COc1nccnc1OC1CCN(S(=O)(=O)C2CC2)C1. The Morgan fingerprint density at radius 1 is 1.20 bits per heavy atom. The monoisotopic (exact) mass is 299 g/mol. The van der Waals surface area contributed by atoms with Gasteiger partial charge in [-0.1, -0.05) is 0 Å². The first-order chi connectivity index (χ1) is 9.61. The average molecular weight is 299 g/mol. The van der Waals surface area contributed by atoms with Crippen molar-refractivity contribution >= 4 is 10.0 Å². The lowest BCUT2D eigenvalue weighted by Crippen LogP contribution is -2.33. The molecule has 1 aromatic rings. The van der Waals surface area contributed by atoms with E-state index >= 15 is 0 Å². The maximum Gasteiger partial charge on any atom is 0.278 e. The molecule has 0 N–H and O–H groups in total. The van der Waals surface area contributed by atoms with E-state index in [0.717, 1.165) is 12.8 Å². The summed E-state index contributed by atoms with van der Waals surface area (Å²) in [7, 11) is -1.62. The molecule has 20 heavy (non-hydrogen) atoms. The third-order valence-electron chi connectivity index (χ3n) is 3.52. The molecular weight excluding hydrogens is 282 g/mol.